The Balaban J connectivity index is 2.27. The first-order valence-electron chi connectivity index (χ1n) is 7.15. The number of halogens is 2. The summed E-state index contributed by atoms with van der Waals surface area (Å²) in [5, 5.41) is 6.61. The second-order valence-electron chi connectivity index (χ2n) is 5.16. The summed E-state index contributed by atoms with van der Waals surface area (Å²) < 4.78 is 0. The maximum atomic E-state index is 11.8. The van der Waals surface area contributed by atoms with Crippen molar-refractivity contribution in [3.63, 3.8) is 0 Å². The molecule has 0 aliphatic rings. The second kappa shape index (κ2) is 9.54. The third-order valence-electron chi connectivity index (χ3n) is 3.08. The van der Waals surface area contributed by atoms with Gasteiger partial charge in [0.2, 0.25) is 5.91 Å². The Morgan fingerprint density at radius 1 is 1.27 bits per heavy atom. The van der Waals surface area contributed by atoms with Crippen LogP contribution in [0.15, 0.2) is 18.2 Å². The highest BCUT2D eigenvalue weighted by Crippen LogP contribution is 2.22. The zero-order valence-corrected chi connectivity index (χ0v) is 14.0. The van der Waals surface area contributed by atoms with Crippen LogP contribution in [0.3, 0.4) is 0 Å². The number of benzene rings is 1. The fourth-order valence-electron chi connectivity index (χ4n) is 2.04. The Hall–Kier alpha value is -1.46. The van der Waals surface area contributed by atoms with E-state index < -0.39 is 6.03 Å². The number of carbonyl (C=O) groups excluding carboxylic acids is 2. The maximum Gasteiger partial charge on any atom is 0.312 e. The maximum absolute atomic E-state index is 11.8. The topological polar surface area (TPSA) is 84.2 Å². The Kier molecular flexibility index (Phi) is 8.06. The number of primary amides is 1. The van der Waals surface area contributed by atoms with E-state index >= 15 is 0 Å². The molecule has 1 aromatic rings. The van der Waals surface area contributed by atoms with E-state index in [4.69, 9.17) is 28.9 Å². The molecule has 1 aromatic carbocycles. The third-order valence-corrected chi connectivity index (χ3v) is 3.67. The van der Waals surface area contributed by atoms with Crippen LogP contribution in [0, 0.1) is 0 Å². The summed E-state index contributed by atoms with van der Waals surface area (Å²) in [6.07, 6.45) is 2.47. The number of rotatable bonds is 8. The molecule has 1 rings (SSSR count). The molecule has 0 aromatic heterocycles. The smallest absolute Gasteiger partial charge is 0.312 e. The Morgan fingerprint density at radius 3 is 2.64 bits per heavy atom. The van der Waals surface area contributed by atoms with Gasteiger partial charge in [-0.2, -0.15) is 0 Å². The van der Waals surface area contributed by atoms with Crippen LogP contribution >= 0.6 is 23.2 Å². The number of nitrogens with two attached hydrogens (primary N) is 1. The summed E-state index contributed by atoms with van der Waals surface area (Å²) in [4.78, 5) is 22.3. The molecule has 22 heavy (non-hydrogen) atoms. The molecule has 0 fully saturated rings. The molecule has 0 spiro atoms. The molecule has 0 saturated carbocycles. The van der Waals surface area contributed by atoms with Crippen LogP contribution in [0.2, 0.25) is 10.0 Å². The molecule has 3 amide bonds. The van der Waals surface area contributed by atoms with Crippen LogP contribution in [0.5, 0.6) is 0 Å². The zero-order valence-electron chi connectivity index (χ0n) is 12.5. The van der Waals surface area contributed by atoms with Gasteiger partial charge in [0, 0.05) is 29.1 Å². The van der Waals surface area contributed by atoms with Gasteiger partial charge in [0.25, 0.3) is 0 Å². The van der Waals surface area contributed by atoms with Crippen LogP contribution in [0.25, 0.3) is 0 Å². The van der Waals surface area contributed by atoms with Crippen molar-refractivity contribution in [1.82, 2.24) is 10.6 Å². The van der Waals surface area contributed by atoms with E-state index in [1.54, 1.807) is 12.1 Å². The van der Waals surface area contributed by atoms with Gasteiger partial charge in [0.15, 0.2) is 0 Å². The summed E-state index contributed by atoms with van der Waals surface area (Å²) in [6, 6.07) is 4.78. The van der Waals surface area contributed by atoms with Crippen molar-refractivity contribution in [1.29, 1.82) is 0 Å². The van der Waals surface area contributed by atoms with E-state index in [1.165, 1.54) is 0 Å². The van der Waals surface area contributed by atoms with Crippen molar-refractivity contribution in [2.75, 3.05) is 6.54 Å². The number of hydrogen-bond donors (Lipinski definition) is 3. The van der Waals surface area contributed by atoms with Crippen molar-refractivity contribution in [3.05, 3.63) is 33.8 Å². The molecule has 1 unspecified atom stereocenters. The van der Waals surface area contributed by atoms with E-state index in [-0.39, 0.29) is 11.9 Å². The molecule has 0 bridgehead atoms. The van der Waals surface area contributed by atoms with Gasteiger partial charge in [-0.25, -0.2) is 4.79 Å². The van der Waals surface area contributed by atoms with Gasteiger partial charge in [-0.05, 0) is 43.9 Å². The van der Waals surface area contributed by atoms with E-state index in [0.29, 0.717) is 42.3 Å². The van der Waals surface area contributed by atoms with Gasteiger partial charge in [0.05, 0.1) is 0 Å². The van der Waals surface area contributed by atoms with Gasteiger partial charge in [-0.1, -0.05) is 29.3 Å². The Labute approximate surface area is 140 Å². The van der Waals surface area contributed by atoms with Crippen LogP contribution in [-0.4, -0.2) is 24.5 Å². The first-order chi connectivity index (χ1) is 10.4. The summed E-state index contributed by atoms with van der Waals surface area (Å²) in [5.41, 5.74) is 5.90. The fourth-order valence-corrected chi connectivity index (χ4v) is 2.52. The van der Waals surface area contributed by atoms with Gasteiger partial charge < -0.3 is 16.4 Å². The first kappa shape index (κ1) is 18.6. The predicted molar refractivity (Wildman–Crippen MR) is 89.2 cm³/mol. The molecular formula is C15H21Cl2N3O2. The fraction of sp³-hybridized carbons (Fsp3) is 0.467. The van der Waals surface area contributed by atoms with E-state index in [0.717, 1.165) is 5.56 Å². The van der Waals surface area contributed by atoms with E-state index in [1.807, 2.05) is 13.0 Å². The summed E-state index contributed by atoms with van der Waals surface area (Å²) in [7, 11) is 0. The standard InChI is InChI=1S/C15H21Cl2N3O2/c1-10(8-11-5-6-12(16)9-13(11)17)20-14(21)4-2-3-7-19-15(18)22/h5-6,9-10H,2-4,7-8H2,1H3,(H,20,21)(H3,18,19,22). The van der Waals surface area contributed by atoms with Crippen LogP contribution in [-0.2, 0) is 11.2 Å². The largest absolute Gasteiger partial charge is 0.353 e. The van der Waals surface area contributed by atoms with Crippen LogP contribution in [0.4, 0.5) is 4.79 Å². The highest BCUT2D eigenvalue weighted by atomic mass is 35.5. The molecule has 122 valence electrons. The van der Waals surface area contributed by atoms with Crippen molar-refractivity contribution in [3.8, 4) is 0 Å². The van der Waals surface area contributed by atoms with Gasteiger partial charge in [-0.15, -0.1) is 0 Å². The lowest BCUT2D eigenvalue weighted by Crippen LogP contribution is -2.34. The van der Waals surface area contributed by atoms with Crippen molar-refractivity contribution in [2.24, 2.45) is 5.73 Å². The first-order valence-corrected chi connectivity index (χ1v) is 7.90. The van der Waals surface area contributed by atoms with Crippen molar-refractivity contribution >= 4 is 35.1 Å². The third kappa shape index (κ3) is 7.52. The van der Waals surface area contributed by atoms with Gasteiger partial charge in [0.1, 0.15) is 0 Å². The lowest BCUT2D eigenvalue weighted by atomic mass is 10.1. The number of nitrogens with one attached hydrogen (secondary N) is 2. The highest BCUT2D eigenvalue weighted by Gasteiger charge is 2.10. The SMILES string of the molecule is CC(Cc1ccc(Cl)cc1Cl)NC(=O)CCCCNC(N)=O. The normalized spacial score (nSPS) is 11.8. The molecule has 4 N–H and O–H groups in total. The van der Waals surface area contributed by atoms with Crippen molar-refractivity contribution in [2.45, 2.75) is 38.6 Å². The highest BCUT2D eigenvalue weighted by molar-refractivity contribution is 6.35. The molecule has 5 nitrogen and oxygen atoms in total. The Morgan fingerprint density at radius 2 is 2.00 bits per heavy atom. The predicted octanol–water partition coefficient (Wildman–Crippen LogP) is 2.88. The minimum atomic E-state index is -0.544. The quantitative estimate of drug-likeness (QED) is 0.633. The van der Waals surface area contributed by atoms with Gasteiger partial charge in [-0.3, -0.25) is 4.79 Å². The summed E-state index contributed by atoms with van der Waals surface area (Å²) >= 11 is 12.0. The van der Waals surface area contributed by atoms with E-state index in [2.05, 4.69) is 10.6 Å². The lowest BCUT2D eigenvalue weighted by Gasteiger charge is -2.15. The minimum Gasteiger partial charge on any atom is -0.353 e. The summed E-state index contributed by atoms with van der Waals surface area (Å²) in [6.45, 7) is 2.41. The van der Waals surface area contributed by atoms with E-state index in [9.17, 15) is 9.59 Å². The molecule has 0 saturated heterocycles. The number of carbonyl (C=O) groups is 2. The molecule has 7 heteroatoms. The molecule has 0 aliphatic carbocycles. The number of unbranched alkanes of at least 4 members (excludes halogenated alkanes) is 1. The number of amides is 3. The average Bonchev–Trinajstić information content (AvgIpc) is 2.41. The summed E-state index contributed by atoms with van der Waals surface area (Å²) in [5.74, 6) is -0.0170. The second-order valence-corrected chi connectivity index (χ2v) is 6.00. The van der Waals surface area contributed by atoms with Crippen molar-refractivity contribution < 1.29 is 9.59 Å². The molecule has 0 heterocycles. The average molecular weight is 346 g/mol. The van der Waals surface area contributed by atoms with Crippen LogP contribution < -0.4 is 16.4 Å². The monoisotopic (exact) mass is 345 g/mol. The Bertz CT molecular complexity index is 524. The minimum absolute atomic E-state index is 0.0170. The lowest BCUT2D eigenvalue weighted by molar-refractivity contribution is -0.121. The molecular weight excluding hydrogens is 325 g/mol. The molecule has 0 radical (unpaired) electrons. The zero-order chi connectivity index (χ0) is 16.5. The molecule has 0 aliphatic heterocycles. The number of hydrogen-bond acceptors (Lipinski definition) is 2. The number of urea groups is 1. The molecule has 1 atom stereocenters. The van der Waals surface area contributed by atoms with Crippen LogP contribution in [0.1, 0.15) is 31.7 Å². The van der Waals surface area contributed by atoms with Gasteiger partial charge >= 0.3 is 6.03 Å².